The highest BCUT2D eigenvalue weighted by atomic mass is 16.5. The van der Waals surface area contributed by atoms with Crippen molar-refractivity contribution in [2.24, 2.45) is 0 Å². The number of amides is 2. The van der Waals surface area contributed by atoms with Crippen molar-refractivity contribution < 1.29 is 14.3 Å². The van der Waals surface area contributed by atoms with Gasteiger partial charge in [0.2, 0.25) is 11.8 Å². The minimum atomic E-state index is -0.259. The second-order valence-corrected chi connectivity index (χ2v) is 5.60. The van der Waals surface area contributed by atoms with Crippen LogP contribution in [0.3, 0.4) is 0 Å². The summed E-state index contributed by atoms with van der Waals surface area (Å²) < 4.78 is 5.26. The Kier molecular flexibility index (Phi) is 8.75. The maximum Gasteiger partial charge on any atom is 0.229 e. The van der Waals surface area contributed by atoms with Crippen molar-refractivity contribution in [2.45, 2.75) is 19.3 Å². The summed E-state index contributed by atoms with van der Waals surface area (Å²) in [6, 6.07) is 7.68. The van der Waals surface area contributed by atoms with Crippen molar-refractivity contribution in [2.75, 3.05) is 40.8 Å². The van der Waals surface area contributed by atoms with Crippen LogP contribution in [0.25, 0.3) is 0 Å². The zero-order valence-electron chi connectivity index (χ0n) is 14.2. The van der Waals surface area contributed by atoms with Crippen LogP contribution in [0.1, 0.15) is 18.4 Å². The number of ether oxygens (including phenoxy) is 1. The third kappa shape index (κ3) is 8.21. The van der Waals surface area contributed by atoms with E-state index < -0.39 is 0 Å². The highest BCUT2D eigenvalue weighted by Gasteiger charge is 2.09. The highest BCUT2D eigenvalue weighted by molar-refractivity contribution is 5.96. The van der Waals surface area contributed by atoms with Gasteiger partial charge in [-0.15, -0.1) is 0 Å². The molecule has 0 atom stereocenters. The van der Waals surface area contributed by atoms with Crippen molar-refractivity contribution in [1.29, 1.82) is 0 Å². The number of carbonyl (C=O) groups excluding carboxylic acids is 2. The van der Waals surface area contributed by atoms with Gasteiger partial charge in [0, 0.05) is 13.1 Å². The standard InChI is InChI=1S/C17H27N3O3/c1-20(2)12-6-10-18-16(21)13-17(22)19-11-9-14-7-4-5-8-15(14)23-3/h4-5,7-8H,6,9-13H2,1-3H3,(H,18,21)(H,19,22). The van der Waals surface area contributed by atoms with Crippen LogP contribution in [0.15, 0.2) is 24.3 Å². The zero-order valence-corrected chi connectivity index (χ0v) is 14.2. The fourth-order valence-electron chi connectivity index (χ4n) is 2.14. The van der Waals surface area contributed by atoms with Gasteiger partial charge in [0.15, 0.2) is 0 Å². The van der Waals surface area contributed by atoms with Gasteiger partial charge < -0.3 is 20.3 Å². The molecule has 0 fully saturated rings. The molecule has 0 spiro atoms. The first-order valence-electron chi connectivity index (χ1n) is 7.83. The molecule has 0 aliphatic rings. The van der Waals surface area contributed by atoms with Gasteiger partial charge in [-0.25, -0.2) is 0 Å². The second kappa shape index (κ2) is 10.6. The Bertz CT molecular complexity index is 504. The maximum absolute atomic E-state index is 11.7. The van der Waals surface area contributed by atoms with Crippen molar-refractivity contribution in [3.8, 4) is 5.75 Å². The Morgan fingerprint density at radius 3 is 2.39 bits per heavy atom. The van der Waals surface area contributed by atoms with Crippen LogP contribution in [-0.4, -0.2) is 57.6 Å². The van der Waals surface area contributed by atoms with E-state index in [1.807, 2.05) is 38.4 Å². The number of nitrogens with one attached hydrogen (secondary N) is 2. The molecule has 0 aliphatic heterocycles. The van der Waals surface area contributed by atoms with E-state index in [-0.39, 0.29) is 18.2 Å². The topological polar surface area (TPSA) is 70.7 Å². The normalized spacial score (nSPS) is 10.4. The molecule has 6 nitrogen and oxygen atoms in total. The average Bonchev–Trinajstić information content (AvgIpc) is 2.52. The molecular formula is C17H27N3O3. The summed E-state index contributed by atoms with van der Waals surface area (Å²) in [6.45, 7) is 1.98. The smallest absolute Gasteiger partial charge is 0.229 e. The van der Waals surface area contributed by atoms with E-state index in [4.69, 9.17) is 4.74 Å². The summed E-state index contributed by atoms with van der Waals surface area (Å²) in [5.74, 6) is 0.309. The molecule has 6 heteroatoms. The largest absolute Gasteiger partial charge is 0.496 e. The van der Waals surface area contributed by atoms with Crippen LogP contribution >= 0.6 is 0 Å². The molecule has 0 unspecified atom stereocenters. The summed E-state index contributed by atoms with van der Waals surface area (Å²) in [5, 5.41) is 5.51. The first-order valence-corrected chi connectivity index (χ1v) is 7.83. The molecule has 0 aliphatic carbocycles. The maximum atomic E-state index is 11.7. The molecule has 1 aromatic rings. The Labute approximate surface area is 138 Å². The lowest BCUT2D eigenvalue weighted by Gasteiger charge is -2.10. The molecule has 0 aromatic heterocycles. The number of carbonyl (C=O) groups is 2. The molecular weight excluding hydrogens is 294 g/mol. The molecule has 0 bridgehead atoms. The number of benzene rings is 1. The molecule has 0 saturated carbocycles. The zero-order chi connectivity index (χ0) is 17.1. The highest BCUT2D eigenvalue weighted by Crippen LogP contribution is 2.17. The van der Waals surface area contributed by atoms with E-state index >= 15 is 0 Å². The minimum Gasteiger partial charge on any atom is -0.496 e. The Hall–Kier alpha value is -2.08. The molecule has 0 radical (unpaired) electrons. The fraction of sp³-hybridized carbons (Fsp3) is 0.529. The third-order valence-corrected chi connectivity index (χ3v) is 3.33. The van der Waals surface area contributed by atoms with E-state index in [9.17, 15) is 9.59 Å². The molecule has 128 valence electrons. The third-order valence-electron chi connectivity index (χ3n) is 3.33. The minimum absolute atomic E-state index is 0.131. The summed E-state index contributed by atoms with van der Waals surface area (Å²) in [5.41, 5.74) is 1.03. The Morgan fingerprint density at radius 2 is 1.74 bits per heavy atom. The molecule has 2 amide bonds. The first-order chi connectivity index (χ1) is 11.0. The molecule has 0 heterocycles. The van der Waals surface area contributed by atoms with Gasteiger partial charge in [0.25, 0.3) is 0 Å². The first kappa shape index (κ1) is 19.0. The number of methoxy groups -OCH3 is 1. The Balaban J connectivity index is 2.20. The van der Waals surface area contributed by atoms with Crippen molar-refractivity contribution in [1.82, 2.24) is 15.5 Å². The second-order valence-electron chi connectivity index (χ2n) is 5.60. The van der Waals surface area contributed by atoms with Gasteiger partial charge in [-0.05, 0) is 45.1 Å². The molecule has 1 rings (SSSR count). The van der Waals surface area contributed by atoms with Gasteiger partial charge in [0.1, 0.15) is 12.2 Å². The number of para-hydroxylation sites is 1. The van der Waals surface area contributed by atoms with Gasteiger partial charge in [-0.1, -0.05) is 18.2 Å². The SMILES string of the molecule is COc1ccccc1CCNC(=O)CC(=O)NCCCN(C)C. The monoisotopic (exact) mass is 321 g/mol. The predicted molar refractivity (Wildman–Crippen MR) is 90.5 cm³/mol. The van der Waals surface area contributed by atoms with Crippen LogP contribution < -0.4 is 15.4 Å². The van der Waals surface area contributed by atoms with Crippen LogP contribution in [0.4, 0.5) is 0 Å². The van der Waals surface area contributed by atoms with E-state index in [1.165, 1.54) is 0 Å². The molecule has 2 N–H and O–H groups in total. The van der Waals surface area contributed by atoms with E-state index in [1.54, 1.807) is 7.11 Å². The van der Waals surface area contributed by atoms with Gasteiger partial charge in [-0.2, -0.15) is 0 Å². The number of hydrogen-bond donors (Lipinski definition) is 2. The average molecular weight is 321 g/mol. The van der Waals surface area contributed by atoms with Crippen molar-refractivity contribution in [3.05, 3.63) is 29.8 Å². The van der Waals surface area contributed by atoms with Crippen LogP contribution in [0.2, 0.25) is 0 Å². The number of hydrogen-bond acceptors (Lipinski definition) is 4. The lowest BCUT2D eigenvalue weighted by molar-refractivity contribution is -0.129. The molecule has 0 saturated heterocycles. The fourth-order valence-corrected chi connectivity index (χ4v) is 2.14. The van der Waals surface area contributed by atoms with Crippen molar-refractivity contribution >= 4 is 11.8 Å². The number of nitrogens with zero attached hydrogens (tertiary/aromatic N) is 1. The van der Waals surface area contributed by atoms with Gasteiger partial charge in [0.05, 0.1) is 7.11 Å². The van der Waals surface area contributed by atoms with Crippen LogP contribution in [0, 0.1) is 0 Å². The van der Waals surface area contributed by atoms with E-state index in [0.29, 0.717) is 19.5 Å². The van der Waals surface area contributed by atoms with E-state index in [0.717, 1.165) is 24.3 Å². The van der Waals surface area contributed by atoms with Crippen LogP contribution in [-0.2, 0) is 16.0 Å². The predicted octanol–water partition coefficient (Wildman–Crippen LogP) is 0.812. The molecule has 1 aromatic carbocycles. The van der Waals surface area contributed by atoms with E-state index in [2.05, 4.69) is 15.5 Å². The summed E-state index contributed by atoms with van der Waals surface area (Å²) in [7, 11) is 5.59. The van der Waals surface area contributed by atoms with Gasteiger partial charge >= 0.3 is 0 Å². The number of rotatable bonds is 10. The Morgan fingerprint density at radius 1 is 1.09 bits per heavy atom. The summed E-state index contributed by atoms with van der Waals surface area (Å²) in [6.07, 6.45) is 1.41. The lowest BCUT2D eigenvalue weighted by atomic mass is 10.1. The quantitative estimate of drug-likeness (QED) is 0.494. The van der Waals surface area contributed by atoms with Gasteiger partial charge in [-0.3, -0.25) is 9.59 Å². The summed E-state index contributed by atoms with van der Waals surface area (Å²) >= 11 is 0. The lowest BCUT2D eigenvalue weighted by Crippen LogP contribution is -2.34. The summed E-state index contributed by atoms with van der Waals surface area (Å²) in [4.78, 5) is 25.4. The molecule has 23 heavy (non-hydrogen) atoms. The van der Waals surface area contributed by atoms with Crippen molar-refractivity contribution in [3.63, 3.8) is 0 Å². The van der Waals surface area contributed by atoms with Crippen LogP contribution in [0.5, 0.6) is 5.75 Å².